The molecule has 0 spiro atoms. The van der Waals surface area contributed by atoms with Crippen molar-refractivity contribution in [3.05, 3.63) is 12.3 Å². The van der Waals surface area contributed by atoms with Gasteiger partial charge in [0.05, 0.1) is 6.10 Å². The highest BCUT2D eigenvalue weighted by atomic mass is 31.3. The summed E-state index contributed by atoms with van der Waals surface area (Å²) in [5, 5.41) is 11.9. The third kappa shape index (κ3) is 8.21. The quantitative estimate of drug-likeness (QED) is 0.178. The molecule has 1 fully saturated rings. The van der Waals surface area contributed by atoms with Crippen molar-refractivity contribution < 1.29 is 61.3 Å². The molecule has 0 radical (unpaired) electrons. The van der Waals surface area contributed by atoms with E-state index in [1.165, 1.54) is 12.3 Å². The highest BCUT2D eigenvalue weighted by Crippen LogP contribution is 2.67. The zero-order valence-electron chi connectivity index (χ0n) is 14.2. The second-order valence-corrected chi connectivity index (χ2v) is 9.00. The van der Waals surface area contributed by atoms with Gasteiger partial charge >= 0.3 is 30.3 Å². The Kier molecular flexibility index (Phi) is 9.64. The molecule has 0 saturated carbocycles. The number of carbonyl (C=O) groups is 2. The van der Waals surface area contributed by atoms with E-state index in [1.54, 1.807) is 6.92 Å². The van der Waals surface area contributed by atoms with Crippen LogP contribution in [-0.4, -0.2) is 67.1 Å². The molecule has 0 aromatic carbocycles. The molecule has 160 valence electrons. The van der Waals surface area contributed by atoms with E-state index in [9.17, 15) is 33.6 Å². The Morgan fingerprint density at radius 1 is 1.50 bits per heavy atom. The van der Waals surface area contributed by atoms with Gasteiger partial charge in [0.2, 0.25) is 6.41 Å². The van der Waals surface area contributed by atoms with Crippen molar-refractivity contribution in [2.75, 3.05) is 6.61 Å². The molecule has 3 amide bonds. The summed E-state index contributed by atoms with van der Waals surface area (Å²) in [6.45, 7) is 0.818. The minimum Gasteiger partial charge on any atom is -0.390 e. The van der Waals surface area contributed by atoms with Crippen LogP contribution in [0.1, 0.15) is 13.3 Å². The molecular weight excluding hydrogens is 449 g/mol. The number of rotatable bonds is 10. The molecule has 1 aliphatic rings. The third-order valence-corrected chi connectivity index (χ3v) is 6.58. The lowest BCUT2D eigenvalue weighted by atomic mass is 10.2. The minimum absolute atomic E-state index is 0.138. The number of imide groups is 1. The lowest BCUT2D eigenvalue weighted by Gasteiger charge is -2.24. The molecule has 5 atom stereocenters. The number of allylic oxidation sites excluding steroid dienone is 1. The first kappa shape index (κ1) is 25.1. The largest absolute Gasteiger partial charge is 0.705 e. The molecule has 0 aromatic rings. The third-order valence-electron chi connectivity index (χ3n) is 3.03. The summed E-state index contributed by atoms with van der Waals surface area (Å²) in [6, 6.07) is -0.849. The number of amides is 3. The number of nitrogens with one attached hydrogen (secondary N) is 1. The number of hydrogen-bond donors (Lipinski definition) is 6. The Morgan fingerprint density at radius 3 is 2.68 bits per heavy atom. The van der Waals surface area contributed by atoms with Gasteiger partial charge in [-0.25, -0.2) is 9.36 Å². The Labute approximate surface area is 159 Å². The highest BCUT2D eigenvalue weighted by Gasteiger charge is 2.54. The number of ether oxygens (including phenoxy) is 1. The molecule has 18 heteroatoms. The fraction of sp³-hybridized carbons (Fsp3) is 0.600. The zero-order valence-corrected chi connectivity index (χ0v) is 16.9. The molecule has 0 aromatic heterocycles. The lowest BCUT2D eigenvalue weighted by Crippen LogP contribution is -2.42. The van der Waals surface area contributed by atoms with Crippen molar-refractivity contribution in [3.63, 3.8) is 0 Å². The summed E-state index contributed by atoms with van der Waals surface area (Å²) >= 11 is 0. The highest BCUT2D eigenvalue weighted by molar-refractivity contribution is 7.67. The van der Waals surface area contributed by atoms with E-state index in [-0.39, 0.29) is 12.8 Å². The van der Waals surface area contributed by atoms with Crippen molar-refractivity contribution in [1.82, 2.24) is 10.2 Å². The van der Waals surface area contributed by atoms with Gasteiger partial charge in [-0.05, 0) is 11.2 Å². The van der Waals surface area contributed by atoms with E-state index in [0.717, 1.165) is 4.90 Å². The first-order valence-electron chi connectivity index (χ1n) is 7.28. The first-order valence-corrected chi connectivity index (χ1v) is 11.4. The second-order valence-electron chi connectivity index (χ2n) is 5.05. The van der Waals surface area contributed by atoms with E-state index < -0.39 is 55.3 Å². The fourth-order valence-corrected chi connectivity index (χ4v) is 4.75. The van der Waals surface area contributed by atoms with Crippen LogP contribution in [0, 0.1) is 0 Å². The molecule has 1 saturated heterocycles. The Hall–Kier alpha value is -0.920. The summed E-state index contributed by atoms with van der Waals surface area (Å²) in [5.74, 6) is 0. The number of aliphatic hydroxyl groups is 1. The maximum atomic E-state index is 11.8. The number of phosphoric acid groups is 1. The summed E-state index contributed by atoms with van der Waals surface area (Å²) < 4.78 is 39.0. The number of aliphatic hydroxyl groups excluding tert-OH is 1. The molecule has 2 unspecified atom stereocenters. The van der Waals surface area contributed by atoms with Crippen LogP contribution in [0.3, 0.4) is 0 Å². The molecular formula is C10H19N2O13P3+2. The molecule has 1 heterocycles. The van der Waals surface area contributed by atoms with Gasteiger partial charge in [-0.3, -0.25) is 19.9 Å². The fourth-order valence-electron chi connectivity index (χ4n) is 2.05. The lowest BCUT2D eigenvalue weighted by molar-refractivity contribution is -0.109. The average molecular weight is 468 g/mol. The van der Waals surface area contributed by atoms with Crippen LogP contribution in [0.2, 0.25) is 0 Å². The normalized spacial score (nSPS) is 25.4. The topological polar surface area (TPSA) is 222 Å². The first-order chi connectivity index (χ1) is 12.9. The maximum Gasteiger partial charge on any atom is 0.705 e. The van der Waals surface area contributed by atoms with E-state index in [1.807, 2.05) is 5.32 Å². The van der Waals surface area contributed by atoms with Gasteiger partial charge in [0, 0.05) is 21.5 Å². The number of urea groups is 1. The van der Waals surface area contributed by atoms with Crippen LogP contribution >= 0.6 is 24.2 Å². The number of nitrogens with zero attached hydrogens (tertiary/aromatic N) is 1. The SMILES string of the molecule is C/C=C\N(C(=O)NC=O)[C@H]1C[C@@H](O)[C@@H](CO[P+](O)(O)OP(=O)(O)O[P+](=O)O)O1. The van der Waals surface area contributed by atoms with Crippen molar-refractivity contribution in [2.45, 2.75) is 31.8 Å². The Balaban J connectivity index is 2.70. The summed E-state index contributed by atoms with van der Waals surface area (Å²) in [4.78, 5) is 59.7. The van der Waals surface area contributed by atoms with E-state index >= 15 is 0 Å². The van der Waals surface area contributed by atoms with Gasteiger partial charge < -0.3 is 9.84 Å². The van der Waals surface area contributed by atoms with Crippen LogP contribution < -0.4 is 5.32 Å². The molecule has 28 heavy (non-hydrogen) atoms. The monoisotopic (exact) mass is 468 g/mol. The van der Waals surface area contributed by atoms with Crippen LogP contribution in [0.5, 0.6) is 0 Å². The maximum absolute atomic E-state index is 11.8. The van der Waals surface area contributed by atoms with E-state index in [4.69, 9.17) is 14.5 Å². The number of hydrogen-bond acceptors (Lipinski definition) is 11. The van der Waals surface area contributed by atoms with Gasteiger partial charge in [-0.1, -0.05) is 6.08 Å². The molecule has 0 bridgehead atoms. The minimum atomic E-state index is -5.32. The van der Waals surface area contributed by atoms with Gasteiger partial charge in [0.15, 0.2) is 0 Å². The second kappa shape index (κ2) is 10.7. The predicted molar refractivity (Wildman–Crippen MR) is 89.7 cm³/mol. The van der Waals surface area contributed by atoms with E-state index in [0.29, 0.717) is 0 Å². The molecule has 15 nitrogen and oxygen atoms in total. The summed E-state index contributed by atoms with van der Waals surface area (Å²) in [5.41, 5.74) is 0. The van der Waals surface area contributed by atoms with Crippen molar-refractivity contribution in [2.24, 2.45) is 0 Å². The van der Waals surface area contributed by atoms with Gasteiger partial charge in [0.25, 0.3) is 0 Å². The zero-order chi connectivity index (χ0) is 21.5. The van der Waals surface area contributed by atoms with Crippen LogP contribution in [0.15, 0.2) is 12.3 Å². The molecule has 0 aliphatic carbocycles. The van der Waals surface area contributed by atoms with Crippen molar-refractivity contribution in [1.29, 1.82) is 0 Å². The van der Waals surface area contributed by atoms with Crippen LogP contribution in [0.4, 0.5) is 4.79 Å². The molecule has 1 aliphatic heterocycles. The van der Waals surface area contributed by atoms with Crippen molar-refractivity contribution in [3.8, 4) is 0 Å². The van der Waals surface area contributed by atoms with Crippen LogP contribution in [0.25, 0.3) is 0 Å². The molecule has 6 N–H and O–H groups in total. The van der Waals surface area contributed by atoms with E-state index in [2.05, 4.69) is 13.1 Å². The average Bonchev–Trinajstić information content (AvgIpc) is 2.89. The molecule has 1 rings (SSSR count). The summed E-state index contributed by atoms with van der Waals surface area (Å²) in [7, 11) is -13.9. The smallest absolute Gasteiger partial charge is 0.390 e. The van der Waals surface area contributed by atoms with Gasteiger partial charge in [0.1, 0.15) is 18.9 Å². The van der Waals surface area contributed by atoms with Gasteiger partial charge in [-0.15, -0.1) is 4.89 Å². The van der Waals surface area contributed by atoms with Gasteiger partial charge in [-0.2, -0.15) is 14.3 Å². The number of carbonyl (C=O) groups excluding carboxylic acids is 2. The predicted octanol–water partition coefficient (Wildman–Crippen LogP) is -0.374. The van der Waals surface area contributed by atoms with Crippen LogP contribution in [-0.2, 0) is 31.8 Å². The summed E-state index contributed by atoms with van der Waals surface area (Å²) in [6.07, 6.45) is -0.790. The Morgan fingerprint density at radius 2 is 2.14 bits per heavy atom. The standard InChI is InChI=1S/C10H17N2O13P3/c1-2-3-12(10(15)11-6-13)9-4-7(14)8(23-9)5-22-27(18,19)25-28(20,21)24-26(16)17/h2-3,6-9,14,18-19H,4-5H2,1H3,(H-2,11,13,15,16,17,20,21)/p+2/b3-2-/t7-,8-,9-/m1/s1. The van der Waals surface area contributed by atoms with Crippen molar-refractivity contribution >= 4 is 36.7 Å². The Bertz CT molecular complexity index is 658.